The molecule has 0 aromatic heterocycles. The first-order valence-electron chi connectivity index (χ1n) is 11.0. The second kappa shape index (κ2) is 10.4. The summed E-state index contributed by atoms with van der Waals surface area (Å²) in [6.07, 6.45) is 2.36. The van der Waals surface area contributed by atoms with Crippen molar-refractivity contribution in [1.82, 2.24) is 15.4 Å². The number of sulfonamides is 1. The molecule has 0 heterocycles. The molecule has 0 bridgehead atoms. The van der Waals surface area contributed by atoms with Crippen molar-refractivity contribution < 1.29 is 22.7 Å². The molecule has 0 spiro atoms. The molecule has 34 heavy (non-hydrogen) atoms. The Labute approximate surface area is 200 Å². The first-order chi connectivity index (χ1) is 16.0. The van der Waals surface area contributed by atoms with Gasteiger partial charge in [0.25, 0.3) is 15.9 Å². The number of hydrogen-bond donors (Lipinski definition) is 3. The van der Waals surface area contributed by atoms with E-state index < -0.39 is 22.3 Å². The lowest BCUT2D eigenvalue weighted by Crippen LogP contribution is -2.39. The maximum Gasteiger partial charge on any atom is 0.332 e. The van der Waals surface area contributed by atoms with Gasteiger partial charge >= 0.3 is 6.03 Å². The van der Waals surface area contributed by atoms with E-state index in [4.69, 9.17) is 4.74 Å². The largest absolute Gasteiger partial charge is 0.361 e. The third-order valence-electron chi connectivity index (χ3n) is 6.10. The van der Waals surface area contributed by atoms with Crippen molar-refractivity contribution in [3.63, 3.8) is 0 Å². The molecule has 0 radical (unpaired) electrons. The second-order valence-corrected chi connectivity index (χ2v) is 10.8. The van der Waals surface area contributed by atoms with Gasteiger partial charge in [-0.3, -0.25) is 4.79 Å². The average molecular weight is 486 g/mol. The minimum absolute atomic E-state index is 0.0119. The second-order valence-electron chi connectivity index (χ2n) is 9.12. The number of ether oxygens (including phenoxy) is 1. The first kappa shape index (κ1) is 25.5. The molecule has 0 saturated carbocycles. The Kier molecular flexibility index (Phi) is 7.78. The van der Waals surface area contributed by atoms with Crippen LogP contribution in [-0.4, -0.2) is 33.7 Å². The fourth-order valence-corrected chi connectivity index (χ4v) is 4.61. The van der Waals surface area contributed by atoms with E-state index >= 15 is 0 Å². The Hall–Kier alpha value is -3.17. The predicted octanol–water partition coefficient (Wildman–Crippen LogP) is 3.57. The number of hydrogen-bond acceptors (Lipinski definition) is 5. The minimum atomic E-state index is -4.04. The lowest BCUT2D eigenvalue weighted by molar-refractivity contribution is 0.0582. The quantitative estimate of drug-likeness (QED) is 0.495. The summed E-state index contributed by atoms with van der Waals surface area (Å²) in [5, 5.41) is 5.44. The van der Waals surface area contributed by atoms with Gasteiger partial charge in [0.15, 0.2) is 0 Å². The lowest BCUT2D eigenvalue weighted by atomic mass is 9.82. The fraction of sp³-hybridized carbons (Fsp3) is 0.360. The third-order valence-corrected chi connectivity index (χ3v) is 7.45. The maximum absolute atomic E-state index is 12.6. The molecule has 1 aliphatic carbocycles. The number of urea groups is 1. The zero-order valence-corrected chi connectivity index (χ0v) is 20.6. The van der Waals surface area contributed by atoms with E-state index in [1.54, 1.807) is 36.4 Å². The summed E-state index contributed by atoms with van der Waals surface area (Å²) in [7, 11) is -2.55. The van der Waals surface area contributed by atoms with Crippen LogP contribution in [0.15, 0.2) is 71.3 Å². The molecule has 3 amide bonds. The van der Waals surface area contributed by atoms with Crippen LogP contribution in [-0.2, 0) is 21.2 Å². The molecule has 0 aliphatic heterocycles. The highest BCUT2D eigenvalue weighted by Gasteiger charge is 2.32. The molecule has 2 aromatic carbocycles. The van der Waals surface area contributed by atoms with Crippen molar-refractivity contribution >= 4 is 22.0 Å². The molecule has 2 atom stereocenters. The molecule has 9 heteroatoms. The van der Waals surface area contributed by atoms with Crippen molar-refractivity contribution in [2.24, 2.45) is 11.3 Å². The summed E-state index contributed by atoms with van der Waals surface area (Å²) in [6, 6.07) is 14.1. The van der Waals surface area contributed by atoms with Crippen LogP contribution in [0.3, 0.4) is 0 Å². The van der Waals surface area contributed by atoms with Crippen LogP contribution < -0.4 is 15.4 Å². The first-order valence-corrected chi connectivity index (χ1v) is 12.5. The number of rotatable bonds is 8. The normalized spacial score (nSPS) is 18.0. The van der Waals surface area contributed by atoms with Gasteiger partial charge in [-0.2, -0.15) is 0 Å². The van der Waals surface area contributed by atoms with E-state index in [-0.39, 0.29) is 22.1 Å². The van der Waals surface area contributed by atoms with Crippen molar-refractivity contribution in [3.8, 4) is 0 Å². The third kappa shape index (κ3) is 6.45. The van der Waals surface area contributed by atoms with Gasteiger partial charge in [-0.05, 0) is 47.6 Å². The maximum atomic E-state index is 12.6. The van der Waals surface area contributed by atoms with E-state index in [2.05, 4.69) is 36.1 Å². The summed E-state index contributed by atoms with van der Waals surface area (Å²) in [4.78, 5) is 24.6. The van der Waals surface area contributed by atoms with Crippen LogP contribution in [0.2, 0.25) is 0 Å². The van der Waals surface area contributed by atoms with Crippen molar-refractivity contribution in [2.45, 2.75) is 44.7 Å². The standard InChI is InChI=1S/C25H31N3O5S/c1-17-14-20(16-25(17,2)3)26-24(30)28-34(31,32)21-12-10-18(11-13-21)15-22(33-4)27-23(29)19-8-6-5-7-9-19/h5-14,17,22H,15-16H2,1-4H3,(H,27,29)(H2,26,28,30). The predicted molar refractivity (Wildman–Crippen MR) is 129 cm³/mol. The van der Waals surface area contributed by atoms with Crippen molar-refractivity contribution in [3.05, 3.63) is 77.5 Å². The fourth-order valence-electron chi connectivity index (χ4n) is 3.71. The van der Waals surface area contributed by atoms with Crippen LogP contribution in [0, 0.1) is 11.3 Å². The number of nitrogens with one attached hydrogen (secondary N) is 3. The van der Waals surface area contributed by atoms with Gasteiger partial charge in [-0.15, -0.1) is 0 Å². The smallest absolute Gasteiger partial charge is 0.332 e. The highest BCUT2D eigenvalue weighted by atomic mass is 32.2. The highest BCUT2D eigenvalue weighted by Crippen LogP contribution is 2.40. The van der Waals surface area contributed by atoms with Gasteiger partial charge in [0.05, 0.1) is 4.90 Å². The van der Waals surface area contributed by atoms with E-state index in [1.807, 2.05) is 12.1 Å². The zero-order valence-electron chi connectivity index (χ0n) is 19.8. The Morgan fingerprint density at radius 1 is 1.09 bits per heavy atom. The molecular formula is C25H31N3O5S. The minimum Gasteiger partial charge on any atom is -0.361 e. The highest BCUT2D eigenvalue weighted by molar-refractivity contribution is 7.90. The molecule has 0 fully saturated rings. The summed E-state index contributed by atoms with van der Waals surface area (Å²) in [5.74, 6) is 0.0115. The van der Waals surface area contributed by atoms with Crippen LogP contribution >= 0.6 is 0 Å². The van der Waals surface area contributed by atoms with Crippen molar-refractivity contribution in [1.29, 1.82) is 0 Å². The summed E-state index contributed by atoms with van der Waals surface area (Å²) < 4.78 is 32.7. The Bertz CT molecular complexity index is 1160. The number of carbonyl (C=O) groups excluding carboxylic acids is 2. The molecule has 0 saturated heterocycles. The van der Waals surface area contributed by atoms with E-state index in [0.29, 0.717) is 24.1 Å². The Morgan fingerprint density at radius 2 is 1.74 bits per heavy atom. The topological polar surface area (TPSA) is 114 Å². The number of benzene rings is 2. The molecule has 1 aliphatic rings. The lowest BCUT2D eigenvalue weighted by Gasteiger charge is -2.23. The number of carbonyl (C=O) groups is 2. The monoisotopic (exact) mass is 485 g/mol. The van der Waals surface area contributed by atoms with Crippen LogP contribution in [0.5, 0.6) is 0 Å². The number of allylic oxidation sites excluding steroid dienone is 2. The Balaban J connectivity index is 1.58. The summed E-state index contributed by atoms with van der Waals surface area (Å²) in [5.41, 5.74) is 2.00. The van der Waals surface area contributed by atoms with Gasteiger partial charge in [-0.1, -0.05) is 57.2 Å². The van der Waals surface area contributed by atoms with Crippen LogP contribution in [0.1, 0.15) is 43.1 Å². The number of amides is 3. The van der Waals surface area contributed by atoms with E-state index in [1.165, 1.54) is 19.2 Å². The summed E-state index contributed by atoms with van der Waals surface area (Å²) in [6.45, 7) is 6.26. The average Bonchev–Trinajstić information content (AvgIpc) is 3.04. The zero-order chi connectivity index (χ0) is 24.9. The molecule has 3 N–H and O–H groups in total. The molecule has 3 rings (SSSR count). The van der Waals surface area contributed by atoms with Gasteiger partial charge in [0, 0.05) is 24.8 Å². The van der Waals surface area contributed by atoms with Gasteiger partial charge in [0.1, 0.15) is 6.23 Å². The molecule has 8 nitrogen and oxygen atoms in total. The van der Waals surface area contributed by atoms with Crippen molar-refractivity contribution in [2.75, 3.05) is 7.11 Å². The molecular weight excluding hydrogens is 454 g/mol. The van der Waals surface area contributed by atoms with E-state index in [0.717, 1.165) is 5.56 Å². The van der Waals surface area contributed by atoms with Gasteiger partial charge in [0.2, 0.25) is 0 Å². The van der Waals surface area contributed by atoms with Gasteiger partial charge < -0.3 is 15.4 Å². The van der Waals surface area contributed by atoms with Gasteiger partial charge in [-0.25, -0.2) is 17.9 Å². The summed E-state index contributed by atoms with van der Waals surface area (Å²) >= 11 is 0. The molecule has 2 unspecified atom stereocenters. The molecule has 182 valence electrons. The number of methoxy groups -OCH3 is 1. The van der Waals surface area contributed by atoms with E-state index in [9.17, 15) is 18.0 Å². The van der Waals surface area contributed by atoms with Crippen LogP contribution in [0.4, 0.5) is 4.79 Å². The van der Waals surface area contributed by atoms with Crippen LogP contribution in [0.25, 0.3) is 0 Å². The SMILES string of the molecule is COC(Cc1ccc(S(=O)(=O)NC(=O)NC2=CC(C)C(C)(C)C2)cc1)NC(=O)c1ccccc1. The Morgan fingerprint density at radius 3 is 2.29 bits per heavy atom. The molecule has 2 aromatic rings.